The molecule has 0 atom stereocenters. The number of benzene rings is 1. The maximum absolute atomic E-state index is 12.4. The van der Waals surface area contributed by atoms with Crippen LogP contribution in [0.3, 0.4) is 0 Å². The molecule has 0 amide bonds. The third kappa shape index (κ3) is 2.50. The first-order valence-electron chi connectivity index (χ1n) is 7.93. The molecule has 0 aliphatic carbocycles. The zero-order valence-corrected chi connectivity index (χ0v) is 13.3. The molecule has 2 aromatic heterocycles. The van der Waals surface area contributed by atoms with E-state index in [0.717, 1.165) is 31.6 Å². The molecule has 3 aromatic rings. The second-order valence-electron chi connectivity index (χ2n) is 6.24. The summed E-state index contributed by atoms with van der Waals surface area (Å²) in [5.74, 6) is 0.630. The maximum atomic E-state index is 12.4. The minimum absolute atomic E-state index is 0.132. The SMILES string of the molecule is Cc1cc(C)cc(-n2cc3c(=O)[nH]c(N4CCCC4)nc3n2)c1. The normalized spacial score (nSPS) is 14.8. The Morgan fingerprint density at radius 1 is 1.09 bits per heavy atom. The summed E-state index contributed by atoms with van der Waals surface area (Å²) in [5, 5.41) is 5.04. The van der Waals surface area contributed by atoms with Crippen molar-refractivity contribution in [2.24, 2.45) is 0 Å². The Hall–Kier alpha value is -2.63. The van der Waals surface area contributed by atoms with Crippen molar-refractivity contribution in [3.63, 3.8) is 0 Å². The van der Waals surface area contributed by atoms with Crippen LogP contribution in [0, 0.1) is 13.8 Å². The maximum Gasteiger partial charge on any atom is 0.263 e. The van der Waals surface area contributed by atoms with E-state index in [0.29, 0.717) is 17.0 Å². The van der Waals surface area contributed by atoms with E-state index in [1.807, 2.05) is 0 Å². The zero-order valence-electron chi connectivity index (χ0n) is 13.3. The average molecular weight is 309 g/mol. The number of anilines is 1. The van der Waals surface area contributed by atoms with Crippen molar-refractivity contribution in [3.05, 3.63) is 45.9 Å². The molecule has 4 rings (SSSR count). The number of rotatable bonds is 2. The lowest BCUT2D eigenvalue weighted by molar-refractivity contribution is 0.873. The number of aromatic amines is 1. The number of nitrogens with one attached hydrogen (secondary N) is 1. The van der Waals surface area contributed by atoms with E-state index in [-0.39, 0.29) is 5.56 Å². The largest absolute Gasteiger partial charge is 0.342 e. The van der Waals surface area contributed by atoms with E-state index >= 15 is 0 Å². The fraction of sp³-hybridized carbons (Fsp3) is 0.353. The Morgan fingerprint density at radius 3 is 2.48 bits per heavy atom. The van der Waals surface area contributed by atoms with Gasteiger partial charge in [0.1, 0.15) is 5.39 Å². The van der Waals surface area contributed by atoms with Crippen LogP contribution in [-0.4, -0.2) is 32.8 Å². The lowest BCUT2D eigenvalue weighted by Crippen LogP contribution is -2.23. The molecule has 0 saturated carbocycles. The molecule has 1 N–H and O–H groups in total. The Morgan fingerprint density at radius 2 is 1.78 bits per heavy atom. The molecule has 1 fully saturated rings. The zero-order chi connectivity index (χ0) is 16.0. The predicted octanol–water partition coefficient (Wildman–Crippen LogP) is 2.33. The fourth-order valence-corrected chi connectivity index (χ4v) is 3.20. The summed E-state index contributed by atoms with van der Waals surface area (Å²) in [6.07, 6.45) is 4.03. The number of H-pyrrole nitrogens is 1. The number of aromatic nitrogens is 4. The van der Waals surface area contributed by atoms with Crippen molar-refractivity contribution < 1.29 is 0 Å². The summed E-state index contributed by atoms with van der Waals surface area (Å²) in [4.78, 5) is 21.9. The first-order chi connectivity index (χ1) is 11.1. The highest BCUT2D eigenvalue weighted by atomic mass is 16.1. The van der Waals surface area contributed by atoms with Gasteiger partial charge in [-0.05, 0) is 49.9 Å². The highest BCUT2D eigenvalue weighted by Gasteiger charge is 2.17. The van der Waals surface area contributed by atoms with Crippen molar-refractivity contribution in [3.8, 4) is 5.69 Å². The Labute approximate surface area is 133 Å². The molecule has 6 nitrogen and oxygen atoms in total. The van der Waals surface area contributed by atoms with Gasteiger partial charge in [-0.15, -0.1) is 5.10 Å². The van der Waals surface area contributed by atoms with Gasteiger partial charge in [-0.2, -0.15) is 4.98 Å². The van der Waals surface area contributed by atoms with Crippen LogP contribution in [0.2, 0.25) is 0 Å². The van der Waals surface area contributed by atoms with Gasteiger partial charge in [-0.25, -0.2) is 4.68 Å². The minimum Gasteiger partial charge on any atom is -0.342 e. The molecule has 1 aliphatic rings. The van der Waals surface area contributed by atoms with E-state index < -0.39 is 0 Å². The lowest BCUT2D eigenvalue weighted by Gasteiger charge is -2.14. The molecule has 0 radical (unpaired) electrons. The molecule has 0 spiro atoms. The van der Waals surface area contributed by atoms with Gasteiger partial charge in [0.25, 0.3) is 5.56 Å². The summed E-state index contributed by atoms with van der Waals surface area (Å²) in [7, 11) is 0. The van der Waals surface area contributed by atoms with Crippen LogP contribution in [0.25, 0.3) is 16.7 Å². The van der Waals surface area contributed by atoms with Gasteiger partial charge in [0, 0.05) is 19.3 Å². The Bertz CT molecular complexity index is 914. The summed E-state index contributed by atoms with van der Waals surface area (Å²) in [6, 6.07) is 6.21. The predicted molar refractivity (Wildman–Crippen MR) is 90.4 cm³/mol. The van der Waals surface area contributed by atoms with E-state index in [1.54, 1.807) is 10.9 Å². The molecular weight excluding hydrogens is 290 g/mol. The van der Waals surface area contributed by atoms with Crippen LogP contribution in [0.5, 0.6) is 0 Å². The molecule has 0 unspecified atom stereocenters. The van der Waals surface area contributed by atoms with Gasteiger partial charge in [0.05, 0.1) is 5.69 Å². The van der Waals surface area contributed by atoms with Gasteiger partial charge in [-0.1, -0.05) is 6.07 Å². The van der Waals surface area contributed by atoms with Crippen molar-refractivity contribution in [2.75, 3.05) is 18.0 Å². The average Bonchev–Trinajstić information content (AvgIpc) is 3.15. The van der Waals surface area contributed by atoms with Crippen LogP contribution < -0.4 is 10.5 Å². The van der Waals surface area contributed by atoms with Crippen LogP contribution in [0.15, 0.2) is 29.2 Å². The van der Waals surface area contributed by atoms with E-state index in [2.05, 4.69) is 52.0 Å². The molecular formula is C17H19N5O. The molecule has 1 saturated heterocycles. The van der Waals surface area contributed by atoms with Crippen molar-refractivity contribution in [2.45, 2.75) is 26.7 Å². The smallest absolute Gasteiger partial charge is 0.263 e. The summed E-state index contributed by atoms with van der Waals surface area (Å²) < 4.78 is 1.74. The van der Waals surface area contributed by atoms with Gasteiger partial charge in [0.2, 0.25) is 5.95 Å². The number of hydrogen-bond donors (Lipinski definition) is 1. The van der Waals surface area contributed by atoms with E-state index in [4.69, 9.17) is 0 Å². The first kappa shape index (κ1) is 14.0. The van der Waals surface area contributed by atoms with Crippen LogP contribution in [-0.2, 0) is 0 Å². The third-order valence-corrected chi connectivity index (χ3v) is 4.25. The third-order valence-electron chi connectivity index (χ3n) is 4.25. The lowest BCUT2D eigenvalue weighted by atomic mass is 10.1. The highest BCUT2D eigenvalue weighted by molar-refractivity contribution is 5.74. The van der Waals surface area contributed by atoms with E-state index in [1.165, 1.54) is 11.1 Å². The van der Waals surface area contributed by atoms with Crippen molar-refractivity contribution in [1.82, 2.24) is 19.7 Å². The molecule has 1 aliphatic heterocycles. The van der Waals surface area contributed by atoms with Gasteiger partial charge >= 0.3 is 0 Å². The summed E-state index contributed by atoms with van der Waals surface area (Å²) >= 11 is 0. The Kier molecular flexibility index (Phi) is 3.18. The number of hydrogen-bond acceptors (Lipinski definition) is 4. The van der Waals surface area contributed by atoms with Crippen LogP contribution >= 0.6 is 0 Å². The number of fused-ring (bicyclic) bond motifs is 1. The Balaban J connectivity index is 1.84. The standard InChI is InChI=1S/C17H19N5O/c1-11-7-12(2)9-13(8-11)22-10-14-15(20-22)18-17(19-16(14)23)21-5-3-4-6-21/h7-10H,3-6H2,1-2H3,(H,18,19,20,23). The molecule has 3 heterocycles. The highest BCUT2D eigenvalue weighted by Crippen LogP contribution is 2.18. The molecule has 23 heavy (non-hydrogen) atoms. The molecule has 6 heteroatoms. The summed E-state index contributed by atoms with van der Waals surface area (Å²) in [6.45, 7) is 5.98. The summed E-state index contributed by atoms with van der Waals surface area (Å²) in [5.41, 5.74) is 3.64. The van der Waals surface area contributed by atoms with Gasteiger partial charge < -0.3 is 4.90 Å². The second-order valence-corrected chi connectivity index (χ2v) is 6.24. The monoisotopic (exact) mass is 309 g/mol. The van der Waals surface area contributed by atoms with Crippen molar-refractivity contribution >= 4 is 17.0 Å². The molecule has 0 bridgehead atoms. The van der Waals surface area contributed by atoms with Gasteiger partial charge in [0.15, 0.2) is 5.65 Å². The van der Waals surface area contributed by atoms with E-state index in [9.17, 15) is 4.79 Å². The molecule has 118 valence electrons. The topological polar surface area (TPSA) is 66.8 Å². The molecule has 1 aromatic carbocycles. The van der Waals surface area contributed by atoms with Crippen LogP contribution in [0.4, 0.5) is 5.95 Å². The first-order valence-corrected chi connectivity index (χ1v) is 7.93. The minimum atomic E-state index is -0.132. The number of aryl methyl sites for hydroxylation is 2. The van der Waals surface area contributed by atoms with Gasteiger partial charge in [-0.3, -0.25) is 9.78 Å². The quantitative estimate of drug-likeness (QED) is 0.789. The van der Waals surface area contributed by atoms with Crippen LogP contribution in [0.1, 0.15) is 24.0 Å². The second kappa shape index (κ2) is 5.22. The number of nitrogens with zero attached hydrogens (tertiary/aromatic N) is 4. The fourth-order valence-electron chi connectivity index (χ4n) is 3.20. The van der Waals surface area contributed by atoms with Crippen molar-refractivity contribution in [1.29, 1.82) is 0 Å².